The number of amides is 1. The minimum Gasteiger partial charge on any atom is -0.481 e. The first-order chi connectivity index (χ1) is 10.1. The average Bonchev–Trinajstić information content (AvgIpc) is 2.82. The van der Waals surface area contributed by atoms with E-state index >= 15 is 0 Å². The van der Waals surface area contributed by atoms with Gasteiger partial charge in [0, 0.05) is 31.8 Å². The minimum absolute atomic E-state index is 0.0668. The van der Waals surface area contributed by atoms with Gasteiger partial charge in [0.15, 0.2) is 0 Å². The summed E-state index contributed by atoms with van der Waals surface area (Å²) >= 11 is 0. The van der Waals surface area contributed by atoms with Gasteiger partial charge in [0.05, 0.1) is 17.5 Å². The molecular formula is C15H17N3O3. The van der Waals surface area contributed by atoms with E-state index in [0.717, 1.165) is 16.9 Å². The molecule has 0 spiro atoms. The summed E-state index contributed by atoms with van der Waals surface area (Å²) in [6, 6.07) is 7.77. The number of hydrogen-bond donors (Lipinski definition) is 2. The number of fused-ring (bicyclic) bond motifs is 1. The van der Waals surface area contributed by atoms with Crippen LogP contribution in [-0.4, -0.2) is 44.9 Å². The van der Waals surface area contributed by atoms with Crippen LogP contribution in [0, 0.1) is 5.92 Å². The maximum absolute atomic E-state index is 12.0. The molecule has 21 heavy (non-hydrogen) atoms. The van der Waals surface area contributed by atoms with Gasteiger partial charge in [-0.1, -0.05) is 12.1 Å². The standard InChI is InChI=1S/C15H17N3O3/c19-14(18-8-10(9-18)7-15(20)21)6-5-13-16-11-3-1-2-4-12(11)17-13/h1-4,10H,5-9H2,(H,16,17)(H,20,21). The Balaban J connectivity index is 1.49. The number of H-pyrrole nitrogens is 1. The lowest BCUT2D eigenvalue weighted by atomic mass is 9.96. The number of para-hydroxylation sites is 2. The van der Waals surface area contributed by atoms with Gasteiger partial charge < -0.3 is 15.0 Å². The van der Waals surface area contributed by atoms with Crippen molar-refractivity contribution in [2.45, 2.75) is 19.3 Å². The zero-order valence-corrected chi connectivity index (χ0v) is 11.6. The molecule has 1 saturated heterocycles. The molecule has 1 aliphatic rings. The van der Waals surface area contributed by atoms with Crippen LogP contribution in [0.1, 0.15) is 18.7 Å². The molecule has 1 fully saturated rings. The van der Waals surface area contributed by atoms with Gasteiger partial charge in [-0.25, -0.2) is 4.98 Å². The molecule has 0 saturated carbocycles. The van der Waals surface area contributed by atoms with Crippen molar-refractivity contribution in [2.75, 3.05) is 13.1 Å². The highest BCUT2D eigenvalue weighted by atomic mass is 16.4. The quantitative estimate of drug-likeness (QED) is 0.871. The van der Waals surface area contributed by atoms with E-state index in [1.54, 1.807) is 4.90 Å². The third kappa shape index (κ3) is 3.04. The number of aliphatic carboxylic acids is 1. The maximum atomic E-state index is 12.0. The fourth-order valence-corrected chi connectivity index (χ4v) is 2.66. The van der Waals surface area contributed by atoms with Crippen LogP contribution in [0.2, 0.25) is 0 Å². The van der Waals surface area contributed by atoms with Gasteiger partial charge in [-0.3, -0.25) is 9.59 Å². The number of carbonyl (C=O) groups is 2. The zero-order valence-electron chi connectivity index (χ0n) is 11.6. The first kappa shape index (κ1) is 13.6. The number of imidazole rings is 1. The molecule has 6 nitrogen and oxygen atoms in total. The molecule has 0 atom stereocenters. The molecule has 0 bridgehead atoms. The van der Waals surface area contributed by atoms with Crippen molar-refractivity contribution in [1.82, 2.24) is 14.9 Å². The van der Waals surface area contributed by atoms with Gasteiger partial charge in [-0.05, 0) is 12.1 Å². The van der Waals surface area contributed by atoms with Gasteiger partial charge in [0.25, 0.3) is 0 Å². The van der Waals surface area contributed by atoms with Crippen molar-refractivity contribution in [3.05, 3.63) is 30.1 Å². The molecule has 1 aromatic heterocycles. The van der Waals surface area contributed by atoms with Crippen LogP contribution in [0.25, 0.3) is 11.0 Å². The number of aromatic nitrogens is 2. The number of carbonyl (C=O) groups excluding carboxylic acids is 1. The van der Waals surface area contributed by atoms with Crippen molar-refractivity contribution in [3.8, 4) is 0 Å². The molecule has 0 aliphatic carbocycles. The Hall–Kier alpha value is -2.37. The summed E-state index contributed by atoms with van der Waals surface area (Å²) in [4.78, 5) is 31.9. The van der Waals surface area contributed by atoms with Crippen molar-refractivity contribution in [3.63, 3.8) is 0 Å². The molecule has 1 aliphatic heterocycles. The highest BCUT2D eigenvalue weighted by molar-refractivity contribution is 5.78. The molecule has 0 unspecified atom stereocenters. The number of nitrogens with one attached hydrogen (secondary N) is 1. The van der Waals surface area contributed by atoms with E-state index in [4.69, 9.17) is 5.11 Å². The minimum atomic E-state index is -0.797. The second-order valence-corrected chi connectivity index (χ2v) is 5.46. The Kier molecular flexibility index (Phi) is 3.60. The van der Waals surface area contributed by atoms with Gasteiger partial charge in [0.1, 0.15) is 5.82 Å². The predicted molar refractivity (Wildman–Crippen MR) is 76.7 cm³/mol. The number of benzene rings is 1. The van der Waals surface area contributed by atoms with Crippen LogP contribution in [0.3, 0.4) is 0 Å². The number of hydrogen-bond acceptors (Lipinski definition) is 3. The van der Waals surface area contributed by atoms with E-state index in [-0.39, 0.29) is 18.2 Å². The van der Waals surface area contributed by atoms with E-state index in [1.807, 2.05) is 24.3 Å². The van der Waals surface area contributed by atoms with Crippen LogP contribution in [0.15, 0.2) is 24.3 Å². The lowest BCUT2D eigenvalue weighted by Gasteiger charge is -2.38. The summed E-state index contributed by atoms with van der Waals surface area (Å²) in [7, 11) is 0. The van der Waals surface area contributed by atoms with E-state index in [0.29, 0.717) is 25.9 Å². The topological polar surface area (TPSA) is 86.3 Å². The van der Waals surface area contributed by atoms with Crippen molar-refractivity contribution >= 4 is 22.9 Å². The molecule has 1 aromatic carbocycles. The van der Waals surface area contributed by atoms with Crippen LogP contribution < -0.4 is 0 Å². The second kappa shape index (κ2) is 5.55. The summed E-state index contributed by atoms with van der Waals surface area (Å²) in [5.41, 5.74) is 1.89. The van der Waals surface area contributed by atoms with Crippen molar-refractivity contribution in [2.24, 2.45) is 5.92 Å². The number of aryl methyl sites for hydroxylation is 1. The first-order valence-electron chi connectivity index (χ1n) is 7.05. The van der Waals surface area contributed by atoms with Gasteiger partial charge in [-0.2, -0.15) is 0 Å². The first-order valence-corrected chi connectivity index (χ1v) is 7.05. The van der Waals surface area contributed by atoms with Crippen LogP contribution in [0.4, 0.5) is 0 Å². The van der Waals surface area contributed by atoms with Crippen LogP contribution in [-0.2, 0) is 16.0 Å². The Morgan fingerprint density at radius 1 is 1.33 bits per heavy atom. The second-order valence-electron chi connectivity index (χ2n) is 5.46. The number of aromatic amines is 1. The summed E-state index contributed by atoms with van der Waals surface area (Å²) in [6.45, 7) is 1.12. The number of carboxylic acids is 1. The zero-order chi connectivity index (χ0) is 14.8. The molecule has 2 aromatic rings. The molecule has 3 rings (SSSR count). The summed E-state index contributed by atoms with van der Waals surface area (Å²) < 4.78 is 0. The van der Waals surface area contributed by atoms with Gasteiger partial charge >= 0.3 is 5.97 Å². The highest BCUT2D eigenvalue weighted by Gasteiger charge is 2.31. The van der Waals surface area contributed by atoms with Crippen LogP contribution >= 0.6 is 0 Å². The largest absolute Gasteiger partial charge is 0.481 e. The average molecular weight is 287 g/mol. The van der Waals surface area contributed by atoms with Crippen molar-refractivity contribution < 1.29 is 14.7 Å². The maximum Gasteiger partial charge on any atom is 0.303 e. The predicted octanol–water partition coefficient (Wildman–Crippen LogP) is 1.43. The smallest absolute Gasteiger partial charge is 0.303 e. The normalized spacial score (nSPS) is 15.1. The monoisotopic (exact) mass is 287 g/mol. The Morgan fingerprint density at radius 2 is 2.10 bits per heavy atom. The molecule has 1 amide bonds. The Bertz CT molecular complexity index is 641. The van der Waals surface area contributed by atoms with E-state index in [1.165, 1.54) is 0 Å². The third-order valence-electron chi connectivity index (χ3n) is 3.79. The molecule has 0 radical (unpaired) electrons. The Morgan fingerprint density at radius 3 is 2.81 bits per heavy atom. The fourth-order valence-electron chi connectivity index (χ4n) is 2.66. The molecular weight excluding hydrogens is 270 g/mol. The number of carboxylic acid groups (broad SMARTS) is 1. The molecule has 6 heteroatoms. The summed E-state index contributed by atoms with van der Waals surface area (Å²) in [6.07, 6.45) is 1.13. The lowest BCUT2D eigenvalue weighted by molar-refractivity contribution is -0.145. The van der Waals surface area contributed by atoms with Crippen LogP contribution in [0.5, 0.6) is 0 Å². The van der Waals surface area contributed by atoms with Gasteiger partial charge in [-0.15, -0.1) is 0 Å². The molecule has 2 N–H and O–H groups in total. The van der Waals surface area contributed by atoms with E-state index in [2.05, 4.69) is 9.97 Å². The summed E-state index contributed by atoms with van der Waals surface area (Å²) in [5.74, 6) is 0.191. The fraction of sp³-hybridized carbons (Fsp3) is 0.400. The lowest BCUT2D eigenvalue weighted by Crippen LogP contribution is -2.50. The number of rotatable bonds is 5. The number of nitrogens with zero attached hydrogens (tertiary/aromatic N) is 2. The number of likely N-dealkylation sites (tertiary alicyclic amines) is 1. The molecule has 110 valence electrons. The van der Waals surface area contributed by atoms with E-state index in [9.17, 15) is 9.59 Å². The highest BCUT2D eigenvalue weighted by Crippen LogP contribution is 2.20. The SMILES string of the molecule is O=C(O)CC1CN(C(=O)CCc2nc3ccccc3[nH]2)C1. The van der Waals surface area contributed by atoms with Gasteiger partial charge in [0.2, 0.25) is 5.91 Å². The molecule has 2 heterocycles. The third-order valence-corrected chi connectivity index (χ3v) is 3.79. The van der Waals surface area contributed by atoms with E-state index < -0.39 is 5.97 Å². The van der Waals surface area contributed by atoms with Crippen molar-refractivity contribution in [1.29, 1.82) is 0 Å². The summed E-state index contributed by atoms with van der Waals surface area (Å²) in [5, 5.41) is 8.68. The Labute approximate surface area is 121 Å².